The normalized spacial score (nSPS) is 21.5. The van der Waals surface area contributed by atoms with Gasteiger partial charge in [0.05, 0.1) is 11.4 Å². The molecule has 8 nitrogen and oxygen atoms in total. The first-order chi connectivity index (χ1) is 15.0. The van der Waals surface area contributed by atoms with Gasteiger partial charge in [-0.05, 0) is 31.5 Å². The summed E-state index contributed by atoms with van der Waals surface area (Å²) < 4.78 is 0. The number of urea groups is 1. The molecule has 4 amide bonds. The first kappa shape index (κ1) is 21.6. The van der Waals surface area contributed by atoms with Gasteiger partial charge in [0.15, 0.2) is 0 Å². The lowest BCUT2D eigenvalue weighted by Gasteiger charge is -2.36. The molecule has 1 spiro atoms. The van der Waals surface area contributed by atoms with Crippen molar-refractivity contribution in [2.75, 3.05) is 49.5 Å². The molecule has 8 heteroatoms. The summed E-state index contributed by atoms with van der Waals surface area (Å²) in [6.45, 7) is 7.19. The number of nitrogens with one attached hydrogen (secondary N) is 2. The summed E-state index contributed by atoms with van der Waals surface area (Å²) in [7, 11) is 0. The second-order valence-corrected chi connectivity index (χ2v) is 8.77. The Morgan fingerprint density at radius 2 is 1.77 bits per heavy atom. The maximum atomic E-state index is 12.9. The summed E-state index contributed by atoms with van der Waals surface area (Å²) in [6, 6.07) is 7.46. The molecular formula is C23H33N5O3. The van der Waals surface area contributed by atoms with Gasteiger partial charge in [-0.1, -0.05) is 38.3 Å². The molecule has 2 saturated heterocycles. The van der Waals surface area contributed by atoms with Crippen molar-refractivity contribution in [3.63, 3.8) is 0 Å². The third-order valence-electron chi connectivity index (χ3n) is 6.85. The Bertz CT molecular complexity index is 828. The van der Waals surface area contributed by atoms with Crippen molar-refractivity contribution in [1.29, 1.82) is 0 Å². The summed E-state index contributed by atoms with van der Waals surface area (Å²) in [6.07, 6.45) is 4.47. The van der Waals surface area contributed by atoms with Gasteiger partial charge in [-0.3, -0.25) is 14.5 Å². The molecule has 2 N–H and O–H groups in total. The Morgan fingerprint density at radius 3 is 2.48 bits per heavy atom. The van der Waals surface area contributed by atoms with Crippen LogP contribution in [0.15, 0.2) is 24.3 Å². The van der Waals surface area contributed by atoms with Crippen LogP contribution in [-0.4, -0.2) is 72.5 Å². The second-order valence-electron chi connectivity index (χ2n) is 8.77. The van der Waals surface area contributed by atoms with Crippen molar-refractivity contribution in [2.45, 2.75) is 51.0 Å². The van der Waals surface area contributed by atoms with Crippen LogP contribution < -0.4 is 15.5 Å². The van der Waals surface area contributed by atoms with E-state index in [1.54, 1.807) is 0 Å². The third kappa shape index (κ3) is 4.54. The number of rotatable bonds is 6. The maximum Gasteiger partial charge on any atom is 0.325 e. The number of imide groups is 1. The number of anilines is 2. The van der Waals surface area contributed by atoms with Gasteiger partial charge < -0.3 is 20.4 Å². The van der Waals surface area contributed by atoms with E-state index in [1.165, 1.54) is 4.90 Å². The molecule has 3 aliphatic rings. The smallest absolute Gasteiger partial charge is 0.325 e. The van der Waals surface area contributed by atoms with E-state index in [-0.39, 0.29) is 30.8 Å². The number of piperazine rings is 1. The quantitative estimate of drug-likeness (QED) is 0.681. The predicted octanol–water partition coefficient (Wildman–Crippen LogP) is 2.41. The zero-order valence-corrected chi connectivity index (χ0v) is 18.4. The van der Waals surface area contributed by atoms with Gasteiger partial charge in [-0.2, -0.15) is 0 Å². The molecule has 31 heavy (non-hydrogen) atoms. The molecule has 2 aliphatic heterocycles. The van der Waals surface area contributed by atoms with Crippen LogP contribution in [0.3, 0.4) is 0 Å². The van der Waals surface area contributed by atoms with Gasteiger partial charge in [0, 0.05) is 39.1 Å². The van der Waals surface area contributed by atoms with E-state index in [2.05, 4.69) is 27.4 Å². The van der Waals surface area contributed by atoms with Crippen LogP contribution in [0.4, 0.5) is 16.2 Å². The van der Waals surface area contributed by atoms with Gasteiger partial charge in [0.2, 0.25) is 5.91 Å². The van der Waals surface area contributed by atoms with Crippen molar-refractivity contribution in [2.24, 2.45) is 0 Å². The first-order valence-electron chi connectivity index (χ1n) is 11.5. The minimum absolute atomic E-state index is 0.0905. The third-order valence-corrected chi connectivity index (χ3v) is 6.85. The average molecular weight is 428 g/mol. The molecule has 1 saturated carbocycles. The SMILES string of the molecule is CCN1CCN(c2ccccc2NC(=O)CCN2C(=O)NC3(CCCCC3)C2=O)CC1. The summed E-state index contributed by atoms with van der Waals surface area (Å²) in [4.78, 5) is 43.9. The fourth-order valence-corrected chi connectivity index (χ4v) is 4.96. The second kappa shape index (κ2) is 9.26. The molecular weight excluding hydrogens is 394 g/mol. The first-order valence-corrected chi connectivity index (χ1v) is 11.5. The largest absolute Gasteiger partial charge is 0.367 e. The van der Waals surface area contributed by atoms with Gasteiger partial charge >= 0.3 is 6.03 Å². The number of para-hydroxylation sites is 2. The van der Waals surface area contributed by atoms with E-state index in [0.29, 0.717) is 12.8 Å². The number of hydrogen-bond donors (Lipinski definition) is 2. The lowest BCUT2D eigenvalue weighted by molar-refractivity contribution is -0.132. The average Bonchev–Trinajstić information content (AvgIpc) is 3.02. The zero-order chi connectivity index (χ0) is 21.8. The molecule has 0 atom stereocenters. The minimum Gasteiger partial charge on any atom is -0.367 e. The molecule has 1 aromatic rings. The number of nitrogens with zero attached hydrogens (tertiary/aromatic N) is 3. The predicted molar refractivity (Wildman–Crippen MR) is 120 cm³/mol. The molecule has 0 radical (unpaired) electrons. The Morgan fingerprint density at radius 1 is 1.06 bits per heavy atom. The minimum atomic E-state index is -0.737. The van der Waals surface area contributed by atoms with Crippen LogP contribution in [0, 0.1) is 0 Å². The van der Waals surface area contributed by atoms with Crippen LogP contribution in [0.25, 0.3) is 0 Å². The lowest BCUT2D eigenvalue weighted by atomic mass is 9.82. The van der Waals surface area contributed by atoms with Gasteiger partial charge in [0.1, 0.15) is 5.54 Å². The molecule has 168 valence electrons. The van der Waals surface area contributed by atoms with Crippen molar-refractivity contribution < 1.29 is 14.4 Å². The maximum absolute atomic E-state index is 12.9. The highest BCUT2D eigenvalue weighted by Crippen LogP contribution is 2.33. The topological polar surface area (TPSA) is 85.0 Å². The number of likely N-dealkylation sites (N-methyl/N-ethyl adjacent to an activating group) is 1. The molecule has 1 aromatic carbocycles. The highest BCUT2D eigenvalue weighted by atomic mass is 16.2. The number of benzene rings is 1. The van der Waals surface area contributed by atoms with E-state index in [9.17, 15) is 14.4 Å². The Hall–Kier alpha value is -2.61. The van der Waals surface area contributed by atoms with Crippen LogP contribution in [0.5, 0.6) is 0 Å². The van der Waals surface area contributed by atoms with Crippen molar-refractivity contribution in [3.05, 3.63) is 24.3 Å². The van der Waals surface area contributed by atoms with Gasteiger partial charge in [-0.25, -0.2) is 4.79 Å². The molecule has 2 heterocycles. The van der Waals surface area contributed by atoms with Crippen LogP contribution in [0.2, 0.25) is 0 Å². The van der Waals surface area contributed by atoms with Crippen molar-refractivity contribution in [1.82, 2.24) is 15.1 Å². The monoisotopic (exact) mass is 427 g/mol. The standard InChI is InChI=1S/C23H33N5O3/c1-2-26-14-16-27(17-15-26)19-9-5-4-8-18(19)24-20(29)10-13-28-21(30)23(25-22(28)31)11-6-3-7-12-23/h4-5,8-9H,2-3,6-7,10-17H2,1H3,(H,24,29)(H,25,31). The Balaban J connectivity index is 1.35. The fraction of sp³-hybridized carbons (Fsp3) is 0.609. The van der Waals surface area contributed by atoms with E-state index in [1.807, 2.05) is 24.3 Å². The highest BCUT2D eigenvalue weighted by Gasteiger charge is 2.51. The van der Waals surface area contributed by atoms with Crippen molar-refractivity contribution in [3.8, 4) is 0 Å². The number of carbonyl (C=O) groups excluding carboxylic acids is 3. The number of carbonyl (C=O) groups is 3. The molecule has 1 aliphatic carbocycles. The lowest BCUT2D eigenvalue weighted by Crippen LogP contribution is -2.48. The van der Waals surface area contributed by atoms with Gasteiger partial charge in [-0.15, -0.1) is 0 Å². The number of hydrogen-bond acceptors (Lipinski definition) is 5. The number of amides is 4. The van der Waals surface area contributed by atoms with E-state index < -0.39 is 5.54 Å². The summed E-state index contributed by atoms with van der Waals surface area (Å²) >= 11 is 0. The fourth-order valence-electron chi connectivity index (χ4n) is 4.96. The molecule has 0 unspecified atom stereocenters. The molecule has 3 fully saturated rings. The molecule has 0 bridgehead atoms. The van der Waals surface area contributed by atoms with E-state index in [4.69, 9.17) is 0 Å². The van der Waals surface area contributed by atoms with Crippen molar-refractivity contribution >= 4 is 29.2 Å². The zero-order valence-electron chi connectivity index (χ0n) is 18.4. The Kier molecular flexibility index (Phi) is 6.46. The van der Waals surface area contributed by atoms with Gasteiger partial charge in [0.25, 0.3) is 5.91 Å². The van der Waals surface area contributed by atoms with E-state index in [0.717, 1.165) is 63.4 Å². The van der Waals surface area contributed by atoms with Crippen LogP contribution in [-0.2, 0) is 9.59 Å². The highest BCUT2D eigenvalue weighted by molar-refractivity contribution is 6.07. The Labute approximate surface area is 183 Å². The summed E-state index contributed by atoms with van der Waals surface area (Å²) in [5.74, 6) is -0.357. The van der Waals surface area contributed by atoms with Crippen LogP contribution >= 0.6 is 0 Å². The molecule has 4 rings (SSSR count). The summed E-state index contributed by atoms with van der Waals surface area (Å²) in [5.41, 5.74) is 1.06. The molecule has 0 aromatic heterocycles. The van der Waals surface area contributed by atoms with E-state index >= 15 is 0 Å². The van der Waals surface area contributed by atoms with Crippen LogP contribution in [0.1, 0.15) is 45.4 Å². The summed E-state index contributed by atoms with van der Waals surface area (Å²) in [5, 5.41) is 5.89.